The second-order valence-corrected chi connectivity index (χ2v) is 6.29. The van der Waals surface area contributed by atoms with Crippen molar-refractivity contribution < 1.29 is 18.3 Å². The van der Waals surface area contributed by atoms with Gasteiger partial charge < -0.3 is 14.5 Å². The molecule has 3 aromatic rings. The molecule has 2 heterocycles. The molecule has 0 atom stereocenters. The zero-order valence-corrected chi connectivity index (χ0v) is 15.7. The number of furan rings is 1. The summed E-state index contributed by atoms with van der Waals surface area (Å²) in [5.74, 6) is 0.201. The van der Waals surface area contributed by atoms with Gasteiger partial charge in [-0.3, -0.25) is 9.48 Å². The first-order valence-electron chi connectivity index (χ1n) is 8.44. The molecule has 0 bridgehead atoms. The quantitative estimate of drug-likeness (QED) is 0.658. The smallest absolute Gasteiger partial charge is 0.287 e. The van der Waals surface area contributed by atoms with Gasteiger partial charge in [0.2, 0.25) is 0 Å². The van der Waals surface area contributed by atoms with Gasteiger partial charge in [-0.05, 0) is 44.2 Å². The van der Waals surface area contributed by atoms with Crippen LogP contribution >= 0.6 is 11.6 Å². The number of carbonyl (C=O) groups is 1. The molecule has 1 N–H and O–H groups in total. The molecule has 0 unspecified atom stereocenters. The van der Waals surface area contributed by atoms with E-state index in [0.29, 0.717) is 18.1 Å². The van der Waals surface area contributed by atoms with E-state index in [1.807, 2.05) is 18.5 Å². The van der Waals surface area contributed by atoms with Crippen LogP contribution in [0, 0.1) is 12.7 Å². The van der Waals surface area contributed by atoms with Gasteiger partial charge in [-0.25, -0.2) is 4.39 Å². The summed E-state index contributed by atoms with van der Waals surface area (Å²) >= 11 is 5.91. The Balaban J connectivity index is 1.56. The third kappa shape index (κ3) is 4.49. The zero-order chi connectivity index (χ0) is 19.4. The van der Waals surface area contributed by atoms with E-state index in [1.165, 1.54) is 18.2 Å². The number of halogens is 2. The van der Waals surface area contributed by atoms with E-state index in [0.717, 1.165) is 17.8 Å². The number of amides is 1. The molecule has 27 heavy (non-hydrogen) atoms. The van der Waals surface area contributed by atoms with E-state index in [2.05, 4.69) is 10.4 Å². The third-order valence-electron chi connectivity index (χ3n) is 4.09. The summed E-state index contributed by atoms with van der Waals surface area (Å²) in [6.45, 7) is 5.18. The fourth-order valence-electron chi connectivity index (χ4n) is 2.56. The fraction of sp³-hybridized carbons (Fsp3) is 0.263. The minimum Gasteiger partial charge on any atom is -0.484 e. The molecular weight excluding hydrogens is 373 g/mol. The summed E-state index contributed by atoms with van der Waals surface area (Å²) in [4.78, 5) is 12.2. The van der Waals surface area contributed by atoms with Gasteiger partial charge in [0.25, 0.3) is 5.91 Å². The Morgan fingerprint density at radius 3 is 2.89 bits per heavy atom. The molecule has 8 heteroatoms. The summed E-state index contributed by atoms with van der Waals surface area (Å²) in [7, 11) is 0. The zero-order valence-electron chi connectivity index (χ0n) is 15.0. The lowest BCUT2D eigenvalue weighted by Crippen LogP contribution is -2.22. The highest BCUT2D eigenvalue weighted by Crippen LogP contribution is 2.26. The Morgan fingerprint density at radius 1 is 1.37 bits per heavy atom. The normalized spacial score (nSPS) is 10.8. The number of aryl methyl sites for hydroxylation is 1. The number of hydrogen-bond acceptors (Lipinski definition) is 4. The van der Waals surface area contributed by atoms with Crippen LogP contribution in [-0.2, 0) is 19.7 Å². The summed E-state index contributed by atoms with van der Waals surface area (Å²) < 4.78 is 25.9. The van der Waals surface area contributed by atoms with Crippen molar-refractivity contribution in [2.24, 2.45) is 0 Å². The Bertz CT molecular complexity index is 952. The van der Waals surface area contributed by atoms with Gasteiger partial charge in [-0.1, -0.05) is 11.6 Å². The van der Waals surface area contributed by atoms with Crippen LogP contribution in [0.25, 0.3) is 0 Å². The predicted molar refractivity (Wildman–Crippen MR) is 98.3 cm³/mol. The number of aromatic nitrogens is 2. The van der Waals surface area contributed by atoms with Crippen molar-refractivity contribution in [3.63, 3.8) is 0 Å². The topological polar surface area (TPSA) is 69.3 Å². The highest BCUT2D eigenvalue weighted by atomic mass is 35.5. The Morgan fingerprint density at radius 2 is 2.19 bits per heavy atom. The minimum atomic E-state index is -0.441. The van der Waals surface area contributed by atoms with Crippen molar-refractivity contribution in [3.05, 3.63) is 70.1 Å². The molecule has 2 aromatic heterocycles. The van der Waals surface area contributed by atoms with Crippen LogP contribution in [0.5, 0.6) is 5.75 Å². The van der Waals surface area contributed by atoms with Crippen LogP contribution in [0.1, 0.15) is 34.5 Å². The van der Waals surface area contributed by atoms with Crippen LogP contribution in [0.4, 0.5) is 4.39 Å². The molecule has 0 aliphatic heterocycles. The minimum absolute atomic E-state index is 0.0704. The van der Waals surface area contributed by atoms with E-state index in [1.54, 1.807) is 18.3 Å². The Labute approximate surface area is 160 Å². The van der Waals surface area contributed by atoms with Crippen LogP contribution in [0.2, 0.25) is 5.02 Å². The van der Waals surface area contributed by atoms with Crippen LogP contribution in [-0.4, -0.2) is 15.7 Å². The van der Waals surface area contributed by atoms with Crippen LogP contribution < -0.4 is 10.1 Å². The van der Waals surface area contributed by atoms with Crippen molar-refractivity contribution in [3.8, 4) is 5.75 Å². The monoisotopic (exact) mass is 391 g/mol. The number of nitrogens with one attached hydrogen (secondary N) is 1. The summed E-state index contributed by atoms with van der Waals surface area (Å²) in [5, 5.41) is 7.22. The third-order valence-corrected chi connectivity index (χ3v) is 4.39. The Kier molecular flexibility index (Phi) is 5.81. The van der Waals surface area contributed by atoms with Gasteiger partial charge in [-0.2, -0.15) is 5.10 Å². The fourth-order valence-corrected chi connectivity index (χ4v) is 2.78. The Hall–Kier alpha value is -2.80. The summed E-state index contributed by atoms with van der Waals surface area (Å²) in [6, 6.07) is 7.08. The summed E-state index contributed by atoms with van der Waals surface area (Å²) in [5.41, 5.74) is 1.97. The first-order chi connectivity index (χ1) is 13.0. The number of benzene rings is 1. The molecule has 0 spiro atoms. The van der Waals surface area contributed by atoms with E-state index in [4.69, 9.17) is 20.8 Å². The van der Waals surface area contributed by atoms with Crippen molar-refractivity contribution >= 4 is 17.5 Å². The predicted octanol–water partition coefficient (Wildman–Crippen LogP) is 4.11. The number of nitrogens with zero attached hydrogens (tertiary/aromatic N) is 2. The maximum absolute atomic E-state index is 13.0. The van der Waals surface area contributed by atoms with E-state index in [9.17, 15) is 9.18 Å². The molecule has 0 aliphatic rings. The van der Waals surface area contributed by atoms with Crippen LogP contribution in [0.3, 0.4) is 0 Å². The SMILES string of the molecule is CCn1ncc(CNC(=O)c2ccc(COc3ccc(F)cc3Cl)o2)c1C. The molecule has 6 nitrogen and oxygen atoms in total. The standard InChI is InChI=1S/C19H19ClFN3O3/c1-3-24-12(2)13(10-23-24)9-22-19(25)18-7-5-15(27-18)11-26-17-6-4-14(21)8-16(17)20/h4-8,10H,3,9,11H2,1-2H3,(H,22,25). The summed E-state index contributed by atoms with van der Waals surface area (Å²) in [6.07, 6.45) is 1.74. The maximum Gasteiger partial charge on any atom is 0.287 e. The number of carbonyl (C=O) groups excluding carboxylic acids is 1. The van der Waals surface area contributed by atoms with Crippen molar-refractivity contribution in [2.75, 3.05) is 0 Å². The number of ether oxygens (including phenoxy) is 1. The van der Waals surface area contributed by atoms with Crippen molar-refractivity contribution in [1.82, 2.24) is 15.1 Å². The average Bonchev–Trinajstić information content (AvgIpc) is 3.26. The molecule has 0 aliphatic carbocycles. The molecule has 0 radical (unpaired) electrons. The van der Waals surface area contributed by atoms with Crippen molar-refractivity contribution in [1.29, 1.82) is 0 Å². The first kappa shape index (κ1) is 19.0. The molecule has 1 amide bonds. The lowest BCUT2D eigenvalue weighted by molar-refractivity contribution is 0.0919. The lowest BCUT2D eigenvalue weighted by atomic mass is 10.2. The van der Waals surface area contributed by atoms with E-state index >= 15 is 0 Å². The molecule has 1 aromatic carbocycles. The van der Waals surface area contributed by atoms with Gasteiger partial charge >= 0.3 is 0 Å². The second-order valence-electron chi connectivity index (χ2n) is 5.88. The molecule has 3 rings (SSSR count). The lowest BCUT2D eigenvalue weighted by Gasteiger charge is -2.06. The van der Waals surface area contributed by atoms with Gasteiger partial charge in [0.1, 0.15) is 23.9 Å². The van der Waals surface area contributed by atoms with E-state index in [-0.39, 0.29) is 23.3 Å². The van der Waals surface area contributed by atoms with E-state index < -0.39 is 5.82 Å². The first-order valence-corrected chi connectivity index (χ1v) is 8.81. The molecule has 0 saturated heterocycles. The van der Waals surface area contributed by atoms with Gasteiger partial charge in [0.15, 0.2) is 5.76 Å². The molecular formula is C19H19ClFN3O3. The molecule has 0 fully saturated rings. The van der Waals surface area contributed by atoms with Gasteiger partial charge in [0, 0.05) is 24.3 Å². The average molecular weight is 392 g/mol. The van der Waals surface area contributed by atoms with Gasteiger partial charge in [-0.15, -0.1) is 0 Å². The van der Waals surface area contributed by atoms with Gasteiger partial charge in [0.05, 0.1) is 11.2 Å². The van der Waals surface area contributed by atoms with Crippen molar-refractivity contribution in [2.45, 2.75) is 33.5 Å². The second kappa shape index (κ2) is 8.26. The number of hydrogen-bond donors (Lipinski definition) is 1. The highest BCUT2D eigenvalue weighted by Gasteiger charge is 2.13. The maximum atomic E-state index is 13.0. The number of rotatable bonds is 7. The molecule has 142 valence electrons. The largest absolute Gasteiger partial charge is 0.484 e. The van der Waals surface area contributed by atoms with Crippen LogP contribution in [0.15, 0.2) is 40.9 Å². The highest BCUT2D eigenvalue weighted by molar-refractivity contribution is 6.32. The molecule has 0 saturated carbocycles.